The molecule has 0 bridgehead atoms. The summed E-state index contributed by atoms with van der Waals surface area (Å²) in [7, 11) is 0. The molecule has 0 aliphatic rings. The SMILES string of the molecule is CCOC(=O)CSCc1ncc(-c2cccc(Cl)c2)o1. The smallest absolute Gasteiger partial charge is 0.315 e. The summed E-state index contributed by atoms with van der Waals surface area (Å²) in [6.07, 6.45) is 1.66. The molecule has 20 heavy (non-hydrogen) atoms. The average molecular weight is 312 g/mol. The van der Waals surface area contributed by atoms with Gasteiger partial charge in [-0.3, -0.25) is 4.79 Å². The van der Waals surface area contributed by atoms with E-state index in [0.29, 0.717) is 34.8 Å². The van der Waals surface area contributed by atoms with Gasteiger partial charge in [-0.25, -0.2) is 4.98 Å². The second-order valence-corrected chi connectivity index (χ2v) is 5.35. The Morgan fingerprint density at radius 1 is 1.50 bits per heavy atom. The van der Waals surface area contributed by atoms with Crippen molar-refractivity contribution in [2.45, 2.75) is 12.7 Å². The van der Waals surface area contributed by atoms with Crippen LogP contribution < -0.4 is 0 Å². The average Bonchev–Trinajstić information content (AvgIpc) is 2.88. The van der Waals surface area contributed by atoms with Crippen LogP contribution in [-0.2, 0) is 15.3 Å². The number of oxazole rings is 1. The predicted molar refractivity (Wildman–Crippen MR) is 79.7 cm³/mol. The highest BCUT2D eigenvalue weighted by atomic mass is 35.5. The minimum atomic E-state index is -0.223. The molecule has 0 aliphatic carbocycles. The number of halogens is 1. The van der Waals surface area contributed by atoms with E-state index in [4.69, 9.17) is 20.8 Å². The van der Waals surface area contributed by atoms with E-state index in [2.05, 4.69) is 4.98 Å². The fraction of sp³-hybridized carbons (Fsp3) is 0.286. The zero-order valence-corrected chi connectivity index (χ0v) is 12.5. The van der Waals surface area contributed by atoms with Crippen molar-refractivity contribution in [3.05, 3.63) is 41.4 Å². The van der Waals surface area contributed by atoms with Gasteiger partial charge in [0.05, 0.1) is 24.3 Å². The maximum Gasteiger partial charge on any atom is 0.315 e. The number of carbonyl (C=O) groups excluding carboxylic acids is 1. The highest BCUT2D eigenvalue weighted by Gasteiger charge is 2.08. The van der Waals surface area contributed by atoms with Gasteiger partial charge in [0.15, 0.2) is 5.76 Å². The number of carbonyl (C=O) groups is 1. The van der Waals surface area contributed by atoms with E-state index in [9.17, 15) is 4.79 Å². The number of rotatable bonds is 6. The van der Waals surface area contributed by atoms with E-state index in [1.807, 2.05) is 18.2 Å². The Kier molecular flexibility index (Phi) is 5.49. The molecule has 0 saturated heterocycles. The molecule has 0 atom stereocenters. The highest BCUT2D eigenvalue weighted by Crippen LogP contribution is 2.24. The number of thioether (sulfide) groups is 1. The van der Waals surface area contributed by atoms with Gasteiger partial charge in [-0.2, -0.15) is 0 Å². The van der Waals surface area contributed by atoms with E-state index in [-0.39, 0.29) is 5.97 Å². The number of hydrogen-bond donors (Lipinski definition) is 0. The normalized spacial score (nSPS) is 10.5. The second-order valence-electron chi connectivity index (χ2n) is 3.93. The Bertz CT molecular complexity index is 585. The summed E-state index contributed by atoms with van der Waals surface area (Å²) in [5, 5.41) is 0.650. The maximum atomic E-state index is 11.2. The fourth-order valence-electron chi connectivity index (χ4n) is 1.58. The van der Waals surface area contributed by atoms with Crippen molar-refractivity contribution >= 4 is 29.3 Å². The molecule has 4 nitrogen and oxygen atoms in total. The summed E-state index contributed by atoms with van der Waals surface area (Å²) in [5.41, 5.74) is 0.881. The molecule has 6 heteroatoms. The number of esters is 1. The van der Waals surface area contributed by atoms with Crippen molar-refractivity contribution in [3.8, 4) is 11.3 Å². The Hall–Kier alpha value is -1.46. The first-order valence-corrected chi connectivity index (χ1v) is 7.66. The molecule has 1 aromatic carbocycles. The van der Waals surface area contributed by atoms with Crippen molar-refractivity contribution in [3.63, 3.8) is 0 Å². The van der Waals surface area contributed by atoms with Crippen molar-refractivity contribution in [1.29, 1.82) is 0 Å². The van der Waals surface area contributed by atoms with Gasteiger partial charge >= 0.3 is 5.97 Å². The summed E-state index contributed by atoms with van der Waals surface area (Å²) < 4.78 is 10.5. The molecule has 1 aromatic heterocycles. The van der Waals surface area contributed by atoms with Gasteiger partial charge in [0.1, 0.15) is 0 Å². The highest BCUT2D eigenvalue weighted by molar-refractivity contribution is 7.99. The molecule has 0 radical (unpaired) electrons. The third kappa shape index (κ3) is 4.28. The van der Waals surface area contributed by atoms with E-state index >= 15 is 0 Å². The molecule has 1 heterocycles. The molecular weight excluding hydrogens is 298 g/mol. The molecule has 2 aromatic rings. The lowest BCUT2D eigenvalue weighted by Gasteiger charge is -2.00. The first-order valence-electron chi connectivity index (χ1n) is 6.13. The molecule has 0 unspecified atom stereocenters. The third-order valence-corrected chi connectivity index (χ3v) is 3.54. The van der Waals surface area contributed by atoms with E-state index in [0.717, 1.165) is 5.56 Å². The molecule has 2 rings (SSSR count). The minimum Gasteiger partial charge on any atom is -0.465 e. The summed E-state index contributed by atoms with van der Waals surface area (Å²) in [6, 6.07) is 7.38. The van der Waals surface area contributed by atoms with Crippen molar-refractivity contribution < 1.29 is 13.9 Å². The number of benzene rings is 1. The monoisotopic (exact) mass is 311 g/mol. The molecule has 0 aliphatic heterocycles. The summed E-state index contributed by atoms with van der Waals surface area (Å²) >= 11 is 7.34. The summed E-state index contributed by atoms with van der Waals surface area (Å²) in [6.45, 7) is 2.19. The van der Waals surface area contributed by atoms with Crippen LogP contribution in [0.5, 0.6) is 0 Å². The molecule has 0 spiro atoms. The lowest BCUT2D eigenvalue weighted by atomic mass is 10.2. The first kappa shape index (κ1) is 14.9. The quantitative estimate of drug-likeness (QED) is 0.760. The zero-order valence-electron chi connectivity index (χ0n) is 11.0. The van der Waals surface area contributed by atoms with E-state index < -0.39 is 0 Å². The van der Waals surface area contributed by atoms with Gasteiger partial charge in [-0.1, -0.05) is 23.7 Å². The van der Waals surface area contributed by atoms with Gasteiger partial charge in [-0.05, 0) is 19.1 Å². The number of hydrogen-bond acceptors (Lipinski definition) is 5. The maximum absolute atomic E-state index is 11.2. The van der Waals surface area contributed by atoms with Crippen LogP contribution in [0, 0.1) is 0 Å². The summed E-state index contributed by atoms with van der Waals surface area (Å²) in [5.74, 6) is 1.84. The Morgan fingerprint density at radius 2 is 2.35 bits per heavy atom. The Balaban J connectivity index is 1.91. The van der Waals surface area contributed by atoms with Crippen LogP contribution in [0.25, 0.3) is 11.3 Å². The molecule has 0 amide bonds. The topological polar surface area (TPSA) is 52.3 Å². The lowest BCUT2D eigenvalue weighted by molar-refractivity contribution is -0.139. The van der Waals surface area contributed by atoms with Crippen LogP contribution in [-0.4, -0.2) is 23.3 Å². The van der Waals surface area contributed by atoms with Crippen LogP contribution in [0.3, 0.4) is 0 Å². The van der Waals surface area contributed by atoms with Crippen LogP contribution in [0.15, 0.2) is 34.9 Å². The van der Waals surface area contributed by atoms with Gasteiger partial charge < -0.3 is 9.15 Å². The van der Waals surface area contributed by atoms with Crippen molar-refractivity contribution in [1.82, 2.24) is 4.98 Å². The van der Waals surface area contributed by atoms with Gasteiger partial charge in [-0.15, -0.1) is 11.8 Å². The van der Waals surface area contributed by atoms with Crippen molar-refractivity contribution in [2.24, 2.45) is 0 Å². The molecular formula is C14H14ClNO3S. The van der Waals surface area contributed by atoms with E-state index in [1.54, 1.807) is 19.2 Å². The molecule has 0 fully saturated rings. The molecule has 106 valence electrons. The number of aromatic nitrogens is 1. The molecule has 0 N–H and O–H groups in total. The fourth-order valence-corrected chi connectivity index (χ4v) is 2.43. The Labute approximate surface area is 126 Å². The van der Waals surface area contributed by atoms with Crippen LogP contribution in [0.1, 0.15) is 12.8 Å². The number of ether oxygens (including phenoxy) is 1. The predicted octanol–water partition coefficient (Wildman–Crippen LogP) is 3.79. The van der Waals surface area contributed by atoms with E-state index in [1.165, 1.54) is 11.8 Å². The van der Waals surface area contributed by atoms with Crippen LogP contribution in [0.2, 0.25) is 5.02 Å². The summed E-state index contributed by atoms with van der Waals surface area (Å²) in [4.78, 5) is 15.4. The Morgan fingerprint density at radius 3 is 3.10 bits per heavy atom. The second kappa shape index (κ2) is 7.36. The van der Waals surface area contributed by atoms with Crippen LogP contribution >= 0.6 is 23.4 Å². The largest absolute Gasteiger partial charge is 0.465 e. The van der Waals surface area contributed by atoms with Gasteiger partial charge in [0.2, 0.25) is 5.89 Å². The van der Waals surface area contributed by atoms with Crippen LogP contribution in [0.4, 0.5) is 0 Å². The van der Waals surface area contributed by atoms with Gasteiger partial charge in [0.25, 0.3) is 0 Å². The minimum absolute atomic E-state index is 0.223. The first-order chi connectivity index (χ1) is 9.69. The number of nitrogens with zero attached hydrogens (tertiary/aromatic N) is 1. The van der Waals surface area contributed by atoms with Crippen molar-refractivity contribution in [2.75, 3.05) is 12.4 Å². The molecule has 0 saturated carbocycles. The van der Waals surface area contributed by atoms with Gasteiger partial charge in [0, 0.05) is 10.6 Å². The lowest BCUT2D eigenvalue weighted by Crippen LogP contribution is -2.06. The zero-order chi connectivity index (χ0) is 14.4. The third-order valence-electron chi connectivity index (χ3n) is 2.41. The standard InChI is InChI=1S/C14H14ClNO3S/c1-2-18-14(17)9-20-8-13-16-7-12(19-13)10-4-3-5-11(15)6-10/h3-7H,2,8-9H2,1H3.